The molecule has 2 nitrogen and oxygen atoms in total. The van der Waals surface area contributed by atoms with Crippen LogP contribution in [0, 0.1) is 0 Å². The maximum atomic E-state index is 11.8. The van der Waals surface area contributed by atoms with Gasteiger partial charge in [0.15, 0.2) is 0 Å². The molecule has 0 aliphatic rings. The zero-order valence-electron chi connectivity index (χ0n) is 9.97. The van der Waals surface area contributed by atoms with E-state index in [-0.39, 0.29) is 12.1 Å². The van der Waals surface area contributed by atoms with E-state index >= 15 is 0 Å². The second-order valence-electron chi connectivity index (χ2n) is 3.77. The van der Waals surface area contributed by atoms with Crippen LogP contribution < -0.4 is 0 Å². The first-order valence-corrected chi connectivity index (χ1v) is 5.77. The molecule has 1 aromatic carbocycles. The SMILES string of the molecule is C=CCCCC(C=C)OC(=O)c1ccccc1. The summed E-state index contributed by atoms with van der Waals surface area (Å²) >= 11 is 0. The van der Waals surface area contributed by atoms with Crippen LogP contribution in [0.25, 0.3) is 0 Å². The average molecular weight is 230 g/mol. The predicted octanol–water partition coefficient (Wildman–Crippen LogP) is 3.75. The van der Waals surface area contributed by atoms with Gasteiger partial charge in [0.25, 0.3) is 0 Å². The fraction of sp³-hybridized carbons (Fsp3) is 0.267. The Bertz CT molecular complexity index is 368. The molecule has 0 aromatic heterocycles. The summed E-state index contributed by atoms with van der Waals surface area (Å²) in [5.74, 6) is -0.297. The van der Waals surface area contributed by atoms with Gasteiger partial charge in [-0.15, -0.1) is 6.58 Å². The van der Waals surface area contributed by atoms with Crippen LogP contribution in [0.3, 0.4) is 0 Å². The summed E-state index contributed by atoms with van der Waals surface area (Å²) < 4.78 is 5.34. The van der Waals surface area contributed by atoms with E-state index in [1.54, 1.807) is 18.2 Å². The van der Waals surface area contributed by atoms with Crippen LogP contribution >= 0.6 is 0 Å². The van der Waals surface area contributed by atoms with Crippen molar-refractivity contribution in [2.24, 2.45) is 0 Å². The van der Waals surface area contributed by atoms with Gasteiger partial charge in [0.1, 0.15) is 6.10 Å². The molecule has 0 radical (unpaired) electrons. The Balaban J connectivity index is 2.48. The smallest absolute Gasteiger partial charge is 0.338 e. The lowest BCUT2D eigenvalue weighted by atomic mass is 10.1. The third-order valence-corrected chi connectivity index (χ3v) is 2.43. The van der Waals surface area contributed by atoms with E-state index in [2.05, 4.69) is 13.2 Å². The van der Waals surface area contributed by atoms with Gasteiger partial charge in [0.2, 0.25) is 0 Å². The third-order valence-electron chi connectivity index (χ3n) is 2.43. The van der Waals surface area contributed by atoms with E-state index in [9.17, 15) is 4.79 Å². The van der Waals surface area contributed by atoms with Crippen molar-refractivity contribution in [2.75, 3.05) is 0 Å². The number of allylic oxidation sites excluding steroid dienone is 1. The molecule has 0 aliphatic carbocycles. The molecule has 0 spiro atoms. The Morgan fingerprint density at radius 2 is 2.00 bits per heavy atom. The van der Waals surface area contributed by atoms with Crippen molar-refractivity contribution in [3.8, 4) is 0 Å². The van der Waals surface area contributed by atoms with Crippen molar-refractivity contribution in [1.82, 2.24) is 0 Å². The van der Waals surface area contributed by atoms with Gasteiger partial charge in [-0.05, 0) is 31.4 Å². The summed E-state index contributed by atoms with van der Waals surface area (Å²) in [6, 6.07) is 8.98. The van der Waals surface area contributed by atoms with Crippen LogP contribution in [0.1, 0.15) is 29.6 Å². The molecule has 0 heterocycles. The lowest BCUT2D eigenvalue weighted by Gasteiger charge is -2.13. The van der Waals surface area contributed by atoms with Crippen molar-refractivity contribution in [3.63, 3.8) is 0 Å². The molecular weight excluding hydrogens is 212 g/mol. The molecule has 1 atom stereocenters. The van der Waals surface area contributed by atoms with Crippen LogP contribution in [0.5, 0.6) is 0 Å². The minimum absolute atomic E-state index is 0.220. The molecule has 1 aromatic rings. The average Bonchev–Trinajstić information content (AvgIpc) is 2.38. The fourth-order valence-corrected chi connectivity index (χ4v) is 1.47. The van der Waals surface area contributed by atoms with E-state index < -0.39 is 0 Å². The van der Waals surface area contributed by atoms with Crippen molar-refractivity contribution >= 4 is 5.97 Å². The van der Waals surface area contributed by atoms with E-state index in [0.29, 0.717) is 5.56 Å². The molecule has 0 saturated carbocycles. The Morgan fingerprint density at radius 3 is 2.59 bits per heavy atom. The van der Waals surface area contributed by atoms with Gasteiger partial charge in [0, 0.05) is 0 Å². The highest BCUT2D eigenvalue weighted by Gasteiger charge is 2.12. The molecule has 0 fully saturated rings. The minimum Gasteiger partial charge on any atom is -0.455 e. The second kappa shape index (κ2) is 7.44. The lowest BCUT2D eigenvalue weighted by molar-refractivity contribution is 0.0378. The molecule has 0 amide bonds. The molecule has 0 saturated heterocycles. The summed E-state index contributed by atoms with van der Waals surface area (Å²) in [4.78, 5) is 11.8. The normalized spacial score (nSPS) is 11.5. The maximum Gasteiger partial charge on any atom is 0.338 e. The van der Waals surface area contributed by atoms with Gasteiger partial charge in [0.05, 0.1) is 5.56 Å². The zero-order valence-corrected chi connectivity index (χ0v) is 9.97. The molecule has 2 heteroatoms. The van der Waals surface area contributed by atoms with Crippen LogP contribution in [-0.2, 0) is 4.74 Å². The summed E-state index contributed by atoms with van der Waals surface area (Å²) in [6.07, 6.45) is 5.97. The molecule has 0 N–H and O–H groups in total. The van der Waals surface area contributed by atoms with E-state index in [1.165, 1.54) is 0 Å². The minimum atomic E-state index is -0.297. The van der Waals surface area contributed by atoms with Gasteiger partial charge >= 0.3 is 5.97 Å². The van der Waals surface area contributed by atoms with Crippen LogP contribution in [-0.4, -0.2) is 12.1 Å². The first-order valence-electron chi connectivity index (χ1n) is 5.77. The number of esters is 1. The first kappa shape index (κ1) is 13.2. The van der Waals surface area contributed by atoms with Gasteiger partial charge < -0.3 is 4.74 Å². The standard InChI is InChI=1S/C15H18O2/c1-3-5-7-12-14(4-2)17-15(16)13-10-8-6-9-11-13/h3-4,6,8-11,14H,1-2,5,7,12H2. The maximum absolute atomic E-state index is 11.8. The molecule has 1 unspecified atom stereocenters. The highest BCUT2D eigenvalue weighted by atomic mass is 16.5. The fourth-order valence-electron chi connectivity index (χ4n) is 1.47. The largest absolute Gasteiger partial charge is 0.455 e. The van der Waals surface area contributed by atoms with Crippen LogP contribution in [0.15, 0.2) is 55.6 Å². The first-order chi connectivity index (χ1) is 8.27. The Hall–Kier alpha value is -1.83. The van der Waals surface area contributed by atoms with E-state index in [1.807, 2.05) is 24.3 Å². The summed E-state index contributed by atoms with van der Waals surface area (Å²) in [7, 11) is 0. The van der Waals surface area contributed by atoms with E-state index in [4.69, 9.17) is 4.74 Å². The zero-order chi connectivity index (χ0) is 12.5. The van der Waals surface area contributed by atoms with Crippen LogP contribution in [0.4, 0.5) is 0 Å². The van der Waals surface area contributed by atoms with Gasteiger partial charge in [-0.3, -0.25) is 0 Å². The monoisotopic (exact) mass is 230 g/mol. The van der Waals surface area contributed by atoms with Crippen molar-refractivity contribution in [2.45, 2.75) is 25.4 Å². The Kier molecular flexibility index (Phi) is 5.80. The van der Waals surface area contributed by atoms with E-state index in [0.717, 1.165) is 19.3 Å². The highest BCUT2D eigenvalue weighted by Crippen LogP contribution is 2.10. The number of carbonyl (C=O) groups excluding carboxylic acids is 1. The predicted molar refractivity (Wildman–Crippen MR) is 69.9 cm³/mol. The summed E-state index contributed by atoms with van der Waals surface area (Å²) in [6.45, 7) is 7.34. The van der Waals surface area contributed by atoms with Crippen molar-refractivity contribution < 1.29 is 9.53 Å². The second-order valence-corrected chi connectivity index (χ2v) is 3.77. The number of benzene rings is 1. The molecule has 17 heavy (non-hydrogen) atoms. The Morgan fingerprint density at radius 1 is 1.29 bits per heavy atom. The number of hydrogen-bond acceptors (Lipinski definition) is 2. The lowest BCUT2D eigenvalue weighted by Crippen LogP contribution is -2.15. The molecule has 90 valence electrons. The number of ether oxygens (including phenoxy) is 1. The molecule has 1 rings (SSSR count). The molecule has 0 aliphatic heterocycles. The van der Waals surface area contributed by atoms with Crippen molar-refractivity contribution in [1.29, 1.82) is 0 Å². The highest BCUT2D eigenvalue weighted by molar-refractivity contribution is 5.89. The molecule has 0 bridgehead atoms. The quantitative estimate of drug-likeness (QED) is 0.405. The number of unbranched alkanes of at least 4 members (excludes halogenated alkanes) is 1. The molecular formula is C15H18O2. The summed E-state index contributed by atoms with van der Waals surface area (Å²) in [5, 5.41) is 0. The number of hydrogen-bond donors (Lipinski definition) is 0. The van der Waals surface area contributed by atoms with Gasteiger partial charge in [-0.25, -0.2) is 4.79 Å². The number of carbonyl (C=O) groups is 1. The van der Waals surface area contributed by atoms with Gasteiger partial charge in [-0.1, -0.05) is 36.9 Å². The van der Waals surface area contributed by atoms with Crippen LogP contribution in [0.2, 0.25) is 0 Å². The number of rotatable bonds is 7. The van der Waals surface area contributed by atoms with Crippen molar-refractivity contribution in [3.05, 3.63) is 61.2 Å². The Labute approximate surface area is 103 Å². The summed E-state index contributed by atoms with van der Waals surface area (Å²) in [5.41, 5.74) is 0.572. The third kappa shape index (κ3) is 4.68. The van der Waals surface area contributed by atoms with Gasteiger partial charge in [-0.2, -0.15) is 0 Å². The topological polar surface area (TPSA) is 26.3 Å².